The highest BCUT2D eigenvalue weighted by Gasteiger charge is 2.16. The Morgan fingerprint density at radius 1 is 0.800 bits per heavy atom. The Bertz CT molecular complexity index is 935. The predicted molar refractivity (Wildman–Crippen MR) is 109 cm³/mol. The van der Waals surface area contributed by atoms with Gasteiger partial charge < -0.3 is 20.9 Å². The fourth-order valence-corrected chi connectivity index (χ4v) is 2.76. The zero-order valence-corrected chi connectivity index (χ0v) is 16.6. The van der Waals surface area contributed by atoms with E-state index in [2.05, 4.69) is 0 Å². The number of benzene rings is 2. The summed E-state index contributed by atoms with van der Waals surface area (Å²) in [4.78, 5) is 23.5. The molecule has 30 heavy (non-hydrogen) atoms. The third-order valence-corrected chi connectivity index (χ3v) is 4.00. The number of esters is 2. The van der Waals surface area contributed by atoms with E-state index < -0.39 is 23.6 Å². The number of ether oxygens (including phenoxy) is 2. The Balaban J connectivity index is 2.65. The summed E-state index contributed by atoms with van der Waals surface area (Å²) in [7, 11) is 0. The number of nitrogens with two attached hydrogens (primary N) is 2. The highest BCUT2D eigenvalue weighted by atomic mass is 19.1. The van der Waals surface area contributed by atoms with Gasteiger partial charge in [0, 0.05) is 34.7 Å². The zero-order chi connectivity index (χ0) is 22.3. The maximum atomic E-state index is 13.9. The number of carbonyl (C=O) groups excluding carboxylic acids is 2. The summed E-state index contributed by atoms with van der Waals surface area (Å²) in [6.45, 7) is 3.57. The van der Waals surface area contributed by atoms with Crippen LogP contribution in [0, 0.1) is 11.6 Å². The Kier molecular flexibility index (Phi) is 7.69. The van der Waals surface area contributed by atoms with E-state index in [0.29, 0.717) is 11.1 Å². The summed E-state index contributed by atoms with van der Waals surface area (Å²) in [6, 6.07) is 7.50. The van der Waals surface area contributed by atoms with Gasteiger partial charge >= 0.3 is 11.9 Å². The third kappa shape index (κ3) is 5.66. The monoisotopic (exact) mass is 416 g/mol. The van der Waals surface area contributed by atoms with Gasteiger partial charge in [0.1, 0.15) is 11.6 Å². The van der Waals surface area contributed by atoms with Crippen molar-refractivity contribution in [1.82, 2.24) is 0 Å². The second-order valence-electron chi connectivity index (χ2n) is 6.08. The normalized spacial score (nSPS) is 11.9. The van der Waals surface area contributed by atoms with Crippen molar-refractivity contribution >= 4 is 23.3 Å². The molecule has 0 fully saturated rings. The van der Waals surface area contributed by atoms with Gasteiger partial charge in [-0.25, -0.2) is 18.4 Å². The first-order valence-electron chi connectivity index (χ1n) is 9.14. The molecule has 0 spiro atoms. The van der Waals surface area contributed by atoms with Gasteiger partial charge in [0.25, 0.3) is 0 Å². The van der Waals surface area contributed by atoms with Crippen LogP contribution >= 0.6 is 0 Å². The lowest BCUT2D eigenvalue weighted by molar-refractivity contribution is -0.138. The summed E-state index contributed by atoms with van der Waals surface area (Å²) in [6.07, 6.45) is 2.06. The molecule has 0 saturated carbocycles. The van der Waals surface area contributed by atoms with E-state index in [4.69, 9.17) is 20.9 Å². The van der Waals surface area contributed by atoms with Crippen molar-refractivity contribution in [2.75, 3.05) is 13.2 Å². The SMILES string of the molecule is CCOC(=O)/C=C(\N)c1cc(F)ccc1-c1ccc(F)cc1/C(N)=C/C(=O)OCC. The zero-order valence-electron chi connectivity index (χ0n) is 16.6. The Hall–Kier alpha value is -3.68. The fourth-order valence-electron chi connectivity index (χ4n) is 2.76. The average molecular weight is 416 g/mol. The number of rotatable bonds is 7. The van der Waals surface area contributed by atoms with Gasteiger partial charge in [-0.2, -0.15) is 0 Å². The van der Waals surface area contributed by atoms with Gasteiger partial charge in [0.2, 0.25) is 0 Å². The van der Waals surface area contributed by atoms with Gasteiger partial charge in [0.05, 0.1) is 13.2 Å². The van der Waals surface area contributed by atoms with Crippen LogP contribution in [0.1, 0.15) is 25.0 Å². The molecule has 158 valence electrons. The largest absolute Gasteiger partial charge is 0.463 e. The summed E-state index contributed by atoms with van der Waals surface area (Å²) in [5, 5.41) is 0. The smallest absolute Gasteiger partial charge is 0.332 e. The highest BCUT2D eigenvalue weighted by Crippen LogP contribution is 2.33. The fraction of sp³-hybridized carbons (Fsp3) is 0.182. The molecule has 0 aliphatic rings. The Labute approximate surface area is 172 Å². The van der Waals surface area contributed by atoms with Gasteiger partial charge in [-0.1, -0.05) is 12.1 Å². The predicted octanol–water partition coefficient (Wildman–Crippen LogP) is 3.36. The van der Waals surface area contributed by atoms with E-state index in [-0.39, 0.29) is 35.7 Å². The van der Waals surface area contributed by atoms with Gasteiger partial charge in [-0.3, -0.25) is 0 Å². The van der Waals surface area contributed by atoms with E-state index >= 15 is 0 Å². The van der Waals surface area contributed by atoms with Crippen LogP contribution in [0.15, 0.2) is 48.6 Å². The molecule has 0 aromatic heterocycles. The summed E-state index contributed by atoms with van der Waals surface area (Å²) in [5.74, 6) is -2.56. The van der Waals surface area contributed by atoms with Crippen molar-refractivity contribution in [1.29, 1.82) is 0 Å². The second-order valence-corrected chi connectivity index (χ2v) is 6.08. The minimum Gasteiger partial charge on any atom is -0.463 e. The number of carbonyl (C=O) groups is 2. The first-order valence-corrected chi connectivity index (χ1v) is 9.14. The van der Waals surface area contributed by atoms with Crippen molar-refractivity contribution in [3.63, 3.8) is 0 Å². The standard InChI is InChI=1S/C22H22F2N2O4/c1-3-29-21(27)11-19(25)17-9-13(23)5-7-15(17)16-8-6-14(24)10-18(16)20(26)12-22(28)30-4-2/h5-12H,3-4,25-26H2,1-2H3/b19-11-,20-12-. The Morgan fingerprint density at radius 2 is 1.17 bits per heavy atom. The second kappa shape index (κ2) is 10.2. The van der Waals surface area contributed by atoms with Crippen LogP contribution in [-0.2, 0) is 19.1 Å². The van der Waals surface area contributed by atoms with Crippen molar-refractivity contribution in [3.8, 4) is 11.1 Å². The maximum absolute atomic E-state index is 13.9. The molecule has 0 atom stereocenters. The van der Waals surface area contributed by atoms with E-state index in [9.17, 15) is 18.4 Å². The van der Waals surface area contributed by atoms with Crippen molar-refractivity contribution < 1.29 is 27.8 Å². The van der Waals surface area contributed by atoms with Crippen LogP contribution in [0.4, 0.5) is 8.78 Å². The molecule has 0 saturated heterocycles. The number of halogens is 2. The van der Waals surface area contributed by atoms with E-state index in [1.54, 1.807) is 13.8 Å². The van der Waals surface area contributed by atoms with Gasteiger partial charge in [-0.05, 0) is 49.2 Å². The van der Waals surface area contributed by atoms with Crippen LogP contribution in [0.5, 0.6) is 0 Å². The van der Waals surface area contributed by atoms with Crippen molar-refractivity contribution in [2.45, 2.75) is 13.8 Å². The molecule has 2 aromatic carbocycles. The molecule has 8 heteroatoms. The quantitative estimate of drug-likeness (QED) is 0.530. The first kappa shape index (κ1) is 22.6. The molecule has 0 aliphatic heterocycles. The minimum atomic E-state index is -0.689. The molecule has 2 rings (SSSR count). The van der Waals surface area contributed by atoms with Crippen LogP contribution in [0.25, 0.3) is 22.5 Å². The molecule has 2 aromatic rings. The van der Waals surface area contributed by atoms with Crippen molar-refractivity contribution in [2.24, 2.45) is 11.5 Å². The lowest BCUT2D eigenvalue weighted by atomic mass is 9.92. The maximum Gasteiger partial charge on any atom is 0.332 e. The first-order chi connectivity index (χ1) is 14.3. The minimum absolute atomic E-state index is 0.0498. The molecular weight excluding hydrogens is 394 g/mol. The third-order valence-electron chi connectivity index (χ3n) is 4.00. The summed E-state index contributed by atoms with van der Waals surface area (Å²) >= 11 is 0. The molecule has 6 nitrogen and oxygen atoms in total. The van der Waals surface area contributed by atoms with E-state index in [1.807, 2.05) is 0 Å². The topological polar surface area (TPSA) is 105 Å². The van der Waals surface area contributed by atoms with Gasteiger partial charge in [-0.15, -0.1) is 0 Å². The lowest BCUT2D eigenvalue weighted by Crippen LogP contribution is -2.08. The van der Waals surface area contributed by atoms with Crippen LogP contribution in [0.3, 0.4) is 0 Å². The van der Waals surface area contributed by atoms with Crippen LogP contribution < -0.4 is 11.5 Å². The summed E-state index contributed by atoms with van der Waals surface area (Å²) in [5.41, 5.74) is 13.0. The molecule has 4 N–H and O–H groups in total. The highest BCUT2D eigenvalue weighted by molar-refractivity contribution is 5.96. The summed E-state index contributed by atoms with van der Waals surface area (Å²) < 4.78 is 37.5. The molecule has 0 heterocycles. The number of hydrogen-bond donors (Lipinski definition) is 2. The van der Waals surface area contributed by atoms with Crippen LogP contribution in [0.2, 0.25) is 0 Å². The van der Waals surface area contributed by atoms with Crippen LogP contribution in [-0.4, -0.2) is 25.2 Å². The lowest BCUT2D eigenvalue weighted by Gasteiger charge is -2.15. The Morgan fingerprint density at radius 3 is 1.50 bits per heavy atom. The molecule has 0 aliphatic carbocycles. The van der Waals surface area contributed by atoms with E-state index in [0.717, 1.165) is 24.3 Å². The average Bonchev–Trinajstić information content (AvgIpc) is 2.68. The number of hydrogen-bond acceptors (Lipinski definition) is 6. The van der Waals surface area contributed by atoms with Gasteiger partial charge in [0.15, 0.2) is 0 Å². The molecular formula is C22H22F2N2O4. The molecule has 0 amide bonds. The van der Waals surface area contributed by atoms with E-state index in [1.165, 1.54) is 24.3 Å². The van der Waals surface area contributed by atoms with Crippen molar-refractivity contribution in [3.05, 3.63) is 71.3 Å². The molecule has 0 bridgehead atoms. The molecule has 0 unspecified atom stereocenters. The molecule has 0 radical (unpaired) electrons.